The van der Waals surface area contributed by atoms with Crippen LogP contribution in [0.1, 0.15) is 18.7 Å². The molecule has 2 rings (SSSR count). The molecule has 88 valence electrons. The van der Waals surface area contributed by atoms with E-state index >= 15 is 0 Å². The van der Waals surface area contributed by atoms with Crippen LogP contribution in [0.4, 0.5) is 0 Å². The number of nitrogens with zero attached hydrogens (tertiary/aromatic N) is 1. The maximum atomic E-state index is 12.1. The van der Waals surface area contributed by atoms with Gasteiger partial charge in [0.1, 0.15) is 0 Å². The van der Waals surface area contributed by atoms with Crippen molar-refractivity contribution in [3.63, 3.8) is 0 Å². The second kappa shape index (κ2) is 4.47. The van der Waals surface area contributed by atoms with E-state index in [0.717, 1.165) is 23.4 Å². The van der Waals surface area contributed by atoms with Crippen LogP contribution in [-0.2, 0) is 11.3 Å². The summed E-state index contributed by atoms with van der Waals surface area (Å²) < 4.78 is 1.12. The van der Waals surface area contributed by atoms with E-state index in [1.165, 1.54) is 4.88 Å². The van der Waals surface area contributed by atoms with Crippen LogP contribution in [0.2, 0.25) is 0 Å². The van der Waals surface area contributed by atoms with E-state index in [1.807, 2.05) is 24.8 Å². The summed E-state index contributed by atoms with van der Waals surface area (Å²) in [5, 5.41) is 3.23. The fourth-order valence-electron chi connectivity index (χ4n) is 1.85. The van der Waals surface area contributed by atoms with Crippen molar-refractivity contribution in [3.05, 3.63) is 20.8 Å². The van der Waals surface area contributed by atoms with Crippen molar-refractivity contribution in [2.75, 3.05) is 13.1 Å². The molecule has 1 aliphatic rings. The molecule has 0 radical (unpaired) electrons. The molecule has 1 aromatic rings. The van der Waals surface area contributed by atoms with Gasteiger partial charge in [-0.1, -0.05) is 0 Å². The third-order valence-corrected chi connectivity index (χ3v) is 4.35. The quantitative estimate of drug-likeness (QED) is 0.908. The van der Waals surface area contributed by atoms with Crippen LogP contribution in [0.25, 0.3) is 0 Å². The van der Waals surface area contributed by atoms with Crippen molar-refractivity contribution in [3.8, 4) is 0 Å². The Kier molecular flexibility index (Phi) is 3.37. The lowest BCUT2D eigenvalue weighted by atomic mass is 10.0. The number of thiophene rings is 1. The topological polar surface area (TPSA) is 32.3 Å². The molecule has 1 saturated heterocycles. The SMILES string of the molecule is CC1(C)NCCN(Cc2ccc(Br)s2)C1=O. The zero-order valence-electron chi connectivity index (χ0n) is 9.42. The van der Waals surface area contributed by atoms with Gasteiger partial charge in [-0.3, -0.25) is 4.79 Å². The largest absolute Gasteiger partial charge is 0.335 e. The van der Waals surface area contributed by atoms with E-state index in [4.69, 9.17) is 0 Å². The fourth-order valence-corrected chi connectivity index (χ4v) is 3.35. The summed E-state index contributed by atoms with van der Waals surface area (Å²) in [6, 6.07) is 4.09. The molecule has 16 heavy (non-hydrogen) atoms. The van der Waals surface area contributed by atoms with Gasteiger partial charge in [-0.05, 0) is 41.9 Å². The zero-order valence-corrected chi connectivity index (χ0v) is 11.8. The molecule has 1 aromatic heterocycles. The Balaban J connectivity index is 2.07. The molecule has 1 amide bonds. The molecule has 0 aliphatic carbocycles. The number of carbonyl (C=O) groups excluding carboxylic acids is 1. The Labute approximate surface area is 108 Å². The molecule has 1 aliphatic heterocycles. The van der Waals surface area contributed by atoms with E-state index in [1.54, 1.807) is 11.3 Å². The lowest BCUT2D eigenvalue weighted by Crippen LogP contribution is -2.60. The third-order valence-electron chi connectivity index (χ3n) is 2.75. The minimum atomic E-state index is -0.424. The number of hydrogen-bond donors (Lipinski definition) is 1. The summed E-state index contributed by atoms with van der Waals surface area (Å²) >= 11 is 5.12. The normalized spacial score (nSPS) is 20.2. The van der Waals surface area contributed by atoms with Crippen LogP contribution in [0.15, 0.2) is 15.9 Å². The van der Waals surface area contributed by atoms with Crippen LogP contribution >= 0.6 is 27.3 Å². The first kappa shape index (κ1) is 12.1. The van der Waals surface area contributed by atoms with Gasteiger partial charge in [-0.15, -0.1) is 11.3 Å². The highest BCUT2D eigenvalue weighted by Crippen LogP contribution is 2.24. The Morgan fingerprint density at radius 1 is 1.56 bits per heavy atom. The van der Waals surface area contributed by atoms with Gasteiger partial charge in [0, 0.05) is 18.0 Å². The Bertz CT molecular complexity index is 402. The van der Waals surface area contributed by atoms with Gasteiger partial charge < -0.3 is 10.2 Å². The molecule has 0 aromatic carbocycles. The minimum absolute atomic E-state index is 0.184. The third kappa shape index (κ3) is 2.47. The van der Waals surface area contributed by atoms with Crippen LogP contribution in [-0.4, -0.2) is 29.4 Å². The van der Waals surface area contributed by atoms with E-state index in [9.17, 15) is 4.79 Å². The standard InChI is InChI=1S/C11H15BrN2OS/c1-11(2)10(15)14(6-5-13-11)7-8-3-4-9(12)16-8/h3-4,13H,5-7H2,1-2H3. The summed E-state index contributed by atoms with van der Waals surface area (Å²) in [6.07, 6.45) is 0. The number of carbonyl (C=O) groups is 1. The van der Waals surface area contributed by atoms with Crippen LogP contribution < -0.4 is 5.32 Å². The molecule has 5 heteroatoms. The van der Waals surface area contributed by atoms with Gasteiger partial charge >= 0.3 is 0 Å². The van der Waals surface area contributed by atoms with Gasteiger partial charge in [0.2, 0.25) is 5.91 Å². The fraction of sp³-hybridized carbons (Fsp3) is 0.545. The maximum absolute atomic E-state index is 12.1. The number of hydrogen-bond acceptors (Lipinski definition) is 3. The first-order valence-corrected chi connectivity index (χ1v) is 6.88. The molecule has 3 nitrogen and oxygen atoms in total. The number of nitrogens with one attached hydrogen (secondary N) is 1. The number of piperazine rings is 1. The molecule has 1 N–H and O–H groups in total. The van der Waals surface area contributed by atoms with Gasteiger partial charge in [0.25, 0.3) is 0 Å². The molecule has 0 bridgehead atoms. The monoisotopic (exact) mass is 302 g/mol. The van der Waals surface area contributed by atoms with Gasteiger partial charge in [-0.2, -0.15) is 0 Å². The van der Waals surface area contributed by atoms with E-state index in [2.05, 4.69) is 27.3 Å². The summed E-state index contributed by atoms with van der Waals surface area (Å²) in [5.74, 6) is 0.184. The number of amides is 1. The van der Waals surface area contributed by atoms with Crippen LogP contribution in [0, 0.1) is 0 Å². The highest BCUT2D eigenvalue weighted by atomic mass is 79.9. The molecule has 0 atom stereocenters. The molecular formula is C11H15BrN2OS. The average molecular weight is 303 g/mol. The van der Waals surface area contributed by atoms with E-state index in [0.29, 0.717) is 0 Å². The Hall–Kier alpha value is -0.390. The predicted octanol–water partition coefficient (Wildman–Crippen LogP) is 2.22. The molecular weight excluding hydrogens is 288 g/mol. The minimum Gasteiger partial charge on any atom is -0.335 e. The molecule has 0 saturated carbocycles. The lowest BCUT2D eigenvalue weighted by molar-refractivity contribution is -0.140. The van der Waals surface area contributed by atoms with Crippen LogP contribution in [0.5, 0.6) is 0 Å². The molecule has 1 fully saturated rings. The predicted molar refractivity (Wildman–Crippen MR) is 69.5 cm³/mol. The molecule has 0 spiro atoms. The van der Waals surface area contributed by atoms with Crippen molar-refractivity contribution < 1.29 is 4.79 Å². The summed E-state index contributed by atoms with van der Waals surface area (Å²) in [4.78, 5) is 15.3. The first-order chi connectivity index (χ1) is 7.49. The second-order valence-corrected chi connectivity index (χ2v) is 7.03. The highest BCUT2D eigenvalue weighted by molar-refractivity contribution is 9.11. The van der Waals surface area contributed by atoms with Gasteiger partial charge in [-0.25, -0.2) is 0 Å². The van der Waals surface area contributed by atoms with Crippen molar-refractivity contribution >= 4 is 33.2 Å². The summed E-state index contributed by atoms with van der Waals surface area (Å²) in [6.45, 7) is 6.25. The molecule has 2 heterocycles. The van der Waals surface area contributed by atoms with Crippen LogP contribution in [0.3, 0.4) is 0 Å². The average Bonchev–Trinajstić information content (AvgIpc) is 2.59. The van der Waals surface area contributed by atoms with Crippen molar-refractivity contribution in [2.24, 2.45) is 0 Å². The van der Waals surface area contributed by atoms with Crippen molar-refractivity contribution in [2.45, 2.75) is 25.9 Å². The van der Waals surface area contributed by atoms with E-state index in [-0.39, 0.29) is 5.91 Å². The summed E-state index contributed by atoms with van der Waals surface area (Å²) in [7, 11) is 0. The number of halogens is 1. The van der Waals surface area contributed by atoms with Gasteiger partial charge in [0.05, 0.1) is 15.9 Å². The first-order valence-electron chi connectivity index (χ1n) is 5.28. The highest BCUT2D eigenvalue weighted by Gasteiger charge is 2.35. The second-order valence-electron chi connectivity index (χ2n) is 4.48. The number of rotatable bonds is 2. The van der Waals surface area contributed by atoms with Gasteiger partial charge in [0.15, 0.2) is 0 Å². The van der Waals surface area contributed by atoms with Crippen molar-refractivity contribution in [1.82, 2.24) is 10.2 Å². The van der Waals surface area contributed by atoms with Crippen molar-refractivity contribution in [1.29, 1.82) is 0 Å². The maximum Gasteiger partial charge on any atom is 0.242 e. The Morgan fingerprint density at radius 3 is 2.94 bits per heavy atom. The zero-order chi connectivity index (χ0) is 11.8. The Morgan fingerprint density at radius 2 is 2.31 bits per heavy atom. The smallest absolute Gasteiger partial charge is 0.242 e. The lowest BCUT2D eigenvalue weighted by Gasteiger charge is -2.37. The molecule has 0 unspecified atom stereocenters. The van der Waals surface area contributed by atoms with E-state index < -0.39 is 5.54 Å². The summed E-state index contributed by atoms with van der Waals surface area (Å²) in [5.41, 5.74) is -0.424.